The summed E-state index contributed by atoms with van der Waals surface area (Å²) in [7, 11) is 0. The van der Waals surface area contributed by atoms with Crippen molar-refractivity contribution in [3.8, 4) is 0 Å². The monoisotopic (exact) mass is 323 g/mol. The topological polar surface area (TPSA) is 61.2 Å². The van der Waals surface area contributed by atoms with Crippen LogP contribution in [0, 0.1) is 11.8 Å². The molecule has 0 aromatic heterocycles. The molecule has 0 bridgehead atoms. The van der Waals surface area contributed by atoms with Crippen LogP contribution in [-0.2, 0) is 9.59 Å². The highest BCUT2D eigenvalue weighted by Crippen LogP contribution is 2.40. The zero-order valence-electron chi connectivity index (χ0n) is 15.6. The van der Waals surface area contributed by atoms with Gasteiger partial charge in [0.15, 0.2) is 0 Å². The van der Waals surface area contributed by atoms with E-state index in [1.165, 1.54) is 0 Å². The summed E-state index contributed by atoms with van der Waals surface area (Å²) in [5, 5.41) is 6.42. The third-order valence-electron chi connectivity index (χ3n) is 4.46. The fourth-order valence-corrected chi connectivity index (χ4v) is 3.61. The van der Waals surface area contributed by atoms with Crippen molar-refractivity contribution in [3.05, 3.63) is 0 Å². The van der Waals surface area contributed by atoms with Gasteiger partial charge in [-0.1, -0.05) is 27.7 Å². The molecule has 2 unspecified atom stereocenters. The molecule has 0 saturated carbocycles. The quantitative estimate of drug-likeness (QED) is 0.760. The summed E-state index contributed by atoms with van der Waals surface area (Å²) < 4.78 is 0. The van der Waals surface area contributed by atoms with Crippen molar-refractivity contribution in [1.82, 2.24) is 15.5 Å². The summed E-state index contributed by atoms with van der Waals surface area (Å²) in [6.07, 6.45) is 1.74. The van der Waals surface area contributed by atoms with E-state index in [0.29, 0.717) is 11.8 Å². The van der Waals surface area contributed by atoms with Crippen LogP contribution in [0.25, 0.3) is 0 Å². The maximum Gasteiger partial charge on any atom is 0.240 e. The maximum atomic E-state index is 12.7. The fourth-order valence-electron chi connectivity index (χ4n) is 3.61. The minimum Gasteiger partial charge on any atom is -0.350 e. The number of rotatable bonds is 5. The molecule has 0 spiro atoms. The summed E-state index contributed by atoms with van der Waals surface area (Å²) in [4.78, 5) is 27.3. The molecule has 23 heavy (non-hydrogen) atoms. The lowest BCUT2D eigenvalue weighted by Gasteiger charge is -2.32. The molecule has 0 radical (unpaired) electrons. The van der Waals surface area contributed by atoms with Crippen molar-refractivity contribution in [2.75, 3.05) is 0 Å². The Morgan fingerprint density at radius 2 is 1.74 bits per heavy atom. The lowest BCUT2D eigenvalue weighted by atomic mass is 9.97. The highest BCUT2D eigenvalue weighted by atomic mass is 16.2. The number of hydrogen-bond donors (Lipinski definition) is 2. The molecular formula is C18H33N3O2. The normalized spacial score (nSPS) is 30.7. The number of fused-ring (bicyclic) bond motifs is 1. The Bertz CT molecular complexity index is 467. The third kappa shape index (κ3) is 4.25. The van der Waals surface area contributed by atoms with Crippen LogP contribution < -0.4 is 10.6 Å². The van der Waals surface area contributed by atoms with Crippen molar-refractivity contribution in [1.29, 1.82) is 0 Å². The molecule has 2 aliphatic rings. The molecule has 2 amide bonds. The second kappa shape index (κ2) is 6.42. The van der Waals surface area contributed by atoms with Gasteiger partial charge in [-0.2, -0.15) is 0 Å². The Kier molecular flexibility index (Phi) is 5.09. The molecule has 2 N–H and O–H groups in total. The number of carbonyl (C=O) groups excluding carboxylic acids is 2. The zero-order valence-corrected chi connectivity index (χ0v) is 15.6. The number of amides is 2. The standard InChI is InChI=1S/C18H33N3O2/c1-10(2)8-12-17(23)21-13(9-11(3)4)15(21)14(19-12)16(22)20-18(5,6)7/h10-15,19H,8-9H2,1-7H3,(H,20,22)/t12-,13-,14?,15?,21?/m0/s1. The maximum absolute atomic E-state index is 12.7. The van der Waals surface area contributed by atoms with Crippen LogP contribution in [0.2, 0.25) is 0 Å². The largest absolute Gasteiger partial charge is 0.350 e. The molecule has 2 aliphatic heterocycles. The predicted octanol–water partition coefficient (Wildman–Crippen LogP) is 1.91. The Morgan fingerprint density at radius 3 is 2.22 bits per heavy atom. The van der Waals surface area contributed by atoms with Gasteiger partial charge in [0, 0.05) is 5.54 Å². The van der Waals surface area contributed by atoms with Crippen molar-refractivity contribution < 1.29 is 9.59 Å². The Hall–Kier alpha value is -1.10. The van der Waals surface area contributed by atoms with Gasteiger partial charge in [0.05, 0.1) is 18.1 Å². The Morgan fingerprint density at radius 1 is 1.17 bits per heavy atom. The molecule has 0 aliphatic carbocycles. The smallest absolute Gasteiger partial charge is 0.240 e. The SMILES string of the molecule is CC(C)C[C@@H]1NC(C(=O)NC(C)(C)C)C2[C@H](CC(C)C)N2C1=O. The number of nitrogens with one attached hydrogen (secondary N) is 2. The van der Waals surface area contributed by atoms with Gasteiger partial charge in [-0.3, -0.25) is 14.9 Å². The highest BCUT2D eigenvalue weighted by Gasteiger charge is 2.61. The zero-order chi connectivity index (χ0) is 17.5. The van der Waals surface area contributed by atoms with Gasteiger partial charge in [0.1, 0.15) is 6.04 Å². The second-order valence-corrected chi connectivity index (χ2v) is 9.00. The molecule has 0 aromatic carbocycles. The average molecular weight is 323 g/mol. The first kappa shape index (κ1) is 18.2. The Labute approximate surface area is 140 Å². The van der Waals surface area contributed by atoms with E-state index in [1.54, 1.807) is 0 Å². The van der Waals surface area contributed by atoms with E-state index in [2.05, 4.69) is 38.3 Å². The molecule has 2 fully saturated rings. The molecule has 2 saturated heterocycles. The van der Waals surface area contributed by atoms with Gasteiger partial charge in [0.2, 0.25) is 11.8 Å². The van der Waals surface area contributed by atoms with Crippen LogP contribution in [-0.4, -0.2) is 46.4 Å². The molecule has 5 nitrogen and oxygen atoms in total. The van der Waals surface area contributed by atoms with Crippen LogP contribution in [0.5, 0.6) is 0 Å². The summed E-state index contributed by atoms with van der Waals surface area (Å²) in [6.45, 7) is 14.5. The molecule has 2 rings (SSSR count). The third-order valence-corrected chi connectivity index (χ3v) is 4.46. The summed E-state index contributed by atoms with van der Waals surface area (Å²) >= 11 is 0. The second-order valence-electron chi connectivity index (χ2n) is 9.00. The van der Waals surface area contributed by atoms with Crippen molar-refractivity contribution in [3.63, 3.8) is 0 Å². The lowest BCUT2D eigenvalue weighted by molar-refractivity contribution is -0.134. The molecule has 4 atom stereocenters. The van der Waals surface area contributed by atoms with Crippen LogP contribution in [0.1, 0.15) is 61.3 Å². The first-order chi connectivity index (χ1) is 10.5. The van der Waals surface area contributed by atoms with E-state index < -0.39 is 0 Å². The molecule has 132 valence electrons. The van der Waals surface area contributed by atoms with Crippen LogP contribution in [0.15, 0.2) is 0 Å². The fraction of sp³-hybridized carbons (Fsp3) is 0.889. The first-order valence-corrected chi connectivity index (χ1v) is 8.91. The highest BCUT2D eigenvalue weighted by molar-refractivity contribution is 5.92. The molecule has 2 heterocycles. The first-order valence-electron chi connectivity index (χ1n) is 8.91. The average Bonchev–Trinajstić information content (AvgIpc) is 3.03. The van der Waals surface area contributed by atoms with Gasteiger partial charge in [-0.15, -0.1) is 0 Å². The van der Waals surface area contributed by atoms with E-state index in [-0.39, 0.29) is 41.5 Å². The number of carbonyl (C=O) groups is 2. The van der Waals surface area contributed by atoms with Gasteiger partial charge in [-0.05, 0) is 45.4 Å². The van der Waals surface area contributed by atoms with Gasteiger partial charge >= 0.3 is 0 Å². The molecule has 5 heteroatoms. The van der Waals surface area contributed by atoms with Gasteiger partial charge in [-0.25, -0.2) is 0 Å². The van der Waals surface area contributed by atoms with E-state index >= 15 is 0 Å². The van der Waals surface area contributed by atoms with Crippen LogP contribution in [0.3, 0.4) is 0 Å². The van der Waals surface area contributed by atoms with Crippen molar-refractivity contribution in [2.45, 2.75) is 91.0 Å². The van der Waals surface area contributed by atoms with E-state index in [1.807, 2.05) is 25.7 Å². The van der Waals surface area contributed by atoms with E-state index in [0.717, 1.165) is 12.8 Å². The van der Waals surface area contributed by atoms with Crippen LogP contribution >= 0.6 is 0 Å². The minimum atomic E-state index is -0.292. The molecule has 0 aromatic rings. The Balaban J connectivity index is 2.15. The minimum absolute atomic E-state index is 0.0139. The van der Waals surface area contributed by atoms with Crippen molar-refractivity contribution in [2.24, 2.45) is 11.8 Å². The lowest BCUT2D eigenvalue weighted by Crippen LogP contribution is -2.61. The number of piperazine rings is 1. The van der Waals surface area contributed by atoms with Crippen LogP contribution in [0.4, 0.5) is 0 Å². The summed E-state index contributed by atoms with van der Waals surface area (Å²) in [6, 6.07) is -0.294. The van der Waals surface area contributed by atoms with E-state index in [4.69, 9.17) is 0 Å². The van der Waals surface area contributed by atoms with Gasteiger partial charge in [0.25, 0.3) is 0 Å². The number of hydrogen-bond acceptors (Lipinski definition) is 3. The molecular weight excluding hydrogens is 290 g/mol. The number of nitrogens with zero attached hydrogens (tertiary/aromatic N) is 1. The predicted molar refractivity (Wildman–Crippen MR) is 91.9 cm³/mol. The van der Waals surface area contributed by atoms with Gasteiger partial charge < -0.3 is 10.2 Å². The summed E-state index contributed by atoms with van der Waals surface area (Å²) in [5.41, 5.74) is -0.263. The van der Waals surface area contributed by atoms with E-state index in [9.17, 15) is 9.59 Å². The van der Waals surface area contributed by atoms with Crippen molar-refractivity contribution >= 4 is 11.8 Å². The summed E-state index contributed by atoms with van der Waals surface area (Å²) in [5.74, 6) is 1.13.